The molecule has 0 bridgehead atoms. The monoisotopic (exact) mass is 409 g/mol. The van der Waals surface area contributed by atoms with Crippen LogP contribution in [-0.4, -0.2) is 31.6 Å². The van der Waals surface area contributed by atoms with Crippen molar-refractivity contribution in [2.24, 2.45) is 5.92 Å². The molecule has 0 aromatic heterocycles. The molecular formula is C16H22F3N3O4S. The summed E-state index contributed by atoms with van der Waals surface area (Å²) >= 11 is 0. The maximum absolute atomic E-state index is 12.7. The van der Waals surface area contributed by atoms with Gasteiger partial charge in [0.05, 0.1) is 15.7 Å². The molecule has 0 spiro atoms. The summed E-state index contributed by atoms with van der Waals surface area (Å²) in [6.45, 7) is 3.25. The van der Waals surface area contributed by atoms with E-state index in [2.05, 4.69) is 10.0 Å². The average Bonchev–Trinajstić information content (AvgIpc) is 2.53. The van der Waals surface area contributed by atoms with Gasteiger partial charge in [-0.3, -0.25) is 10.1 Å². The van der Waals surface area contributed by atoms with Crippen LogP contribution in [0.1, 0.15) is 39.5 Å². The first-order valence-corrected chi connectivity index (χ1v) is 10.0. The van der Waals surface area contributed by atoms with Crippen LogP contribution in [0.3, 0.4) is 0 Å². The fourth-order valence-electron chi connectivity index (χ4n) is 3.12. The number of hydrogen-bond acceptors (Lipinski definition) is 5. The van der Waals surface area contributed by atoms with E-state index in [1.807, 2.05) is 0 Å². The smallest absolute Gasteiger partial charge is 0.377 e. The lowest BCUT2D eigenvalue weighted by Gasteiger charge is -2.30. The number of nitrogens with one attached hydrogen (secondary N) is 2. The second kappa shape index (κ2) is 8.01. The molecule has 0 radical (unpaired) electrons. The summed E-state index contributed by atoms with van der Waals surface area (Å²) in [5, 5.41) is 14.2. The molecule has 0 unspecified atom stereocenters. The molecular weight excluding hydrogens is 387 g/mol. The highest BCUT2D eigenvalue weighted by molar-refractivity contribution is 7.89. The Morgan fingerprint density at radius 3 is 2.26 bits per heavy atom. The highest BCUT2D eigenvalue weighted by atomic mass is 32.2. The molecule has 0 aliphatic heterocycles. The maximum Gasteiger partial charge on any atom is 0.391 e. The molecule has 1 saturated carbocycles. The van der Waals surface area contributed by atoms with E-state index in [1.54, 1.807) is 13.8 Å². The Kier molecular flexibility index (Phi) is 6.35. The summed E-state index contributed by atoms with van der Waals surface area (Å²) in [5.74, 6) is -1.35. The highest BCUT2D eigenvalue weighted by Crippen LogP contribution is 2.39. The first-order chi connectivity index (χ1) is 12.4. The molecule has 0 saturated heterocycles. The molecule has 27 heavy (non-hydrogen) atoms. The summed E-state index contributed by atoms with van der Waals surface area (Å²) in [5.41, 5.74) is -0.335. The third kappa shape index (κ3) is 5.55. The minimum Gasteiger partial charge on any atom is -0.377 e. The van der Waals surface area contributed by atoms with E-state index in [4.69, 9.17) is 0 Å². The predicted octanol–water partition coefficient (Wildman–Crippen LogP) is 3.81. The zero-order valence-electron chi connectivity index (χ0n) is 14.9. The molecule has 1 aliphatic rings. The number of nitro groups is 1. The Balaban J connectivity index is 2.18. The molecule has 1 aromatic carbocycles. The molecule has 2 N–H and O–H groups in total. The molecule has 152 valence electrons. The Labute approximate surface area is 155 Å². The van der Waals surface area contributed by atoms with E-state index in [-0.39, 0.29) is 48.3 Å². The molecule has 1 aliphatic carbocycles. The molecule has 1 fully saturated rings. The largest absolute Gasteiger partial charge is 0.391 e. The van der Waals surface area contributed by atoms with Crippen LogP contribution in [-0.2, 0) is 10.0 Å². The van der Waals surface area contributed by atoms with E-state index >= 15 is 0 Å². The lowest BCUT2D eigenvalue weighted by Crippen LogP contribution is -2.33. The number of benzene rings is 1. The third-order valence-electron chi connectivity index (χ3n) is 4.42. The standard InChI is InChI=1S/C16H22F3N3O4S/c1-10(2)21-27(25,26)13-7-8-14(15(9-13)22(23)24)20-12-5-3-11(4-6-12)16(17,18)19/h7-12,20-21H,3-6H2,1-2H3. The van der Waals surface area contributed by atoms with Crippen molar-refractivity contribution in [3.05, 3.63) is 28.3 Å². The van der Waals surface area contributed by atoms with Gasteiger partial charge in [-0.05, 0) is 51.7 Å². The zero-order valence-corrected chi connectivity index (χ0v) is 15.7. The van der Waals surface area contributed by atoms with Crippen molar-refractivity contribution in [3.63, 3.8) is 0 Å². The van der Waals surface area contributed by atoms with Gasteiger partial charge in [-0.15, -0.1) is 0 Å². The third-order valence-corrected chi connectivity index (χ3v) is 6.07. The van der Waals surface area contributed by atoms with Crippen molar-refractivity contribution in [1.29, 1.82) is 0 Å². The topological polar surface area (TPSA) is 101 Å². The summed E-state index contributed by atoms with van der Waals surface area (Å²) in [7, 11) is -3.90. The van der Waals surface area contributed by atoms with Crippen LogP contribution in [0.4, 0.5) is 24.5 Å². The number of rotatable bonds is 6. The summed E-state index contributed by atoms with van der Waals surface area (Å²) in [6, 6.07) is 2.76. The minimum absolute atomic E-state index is 0.0419. The van der Waals surface area contributed by atoms with E-state index in [0.29, 0.717) is 0 Å². The Hall–Kier alpha value is -1.88. The maximum atomic E-state index is 12.7. The van der Waals surface area contributed by atoms with Crippen molar-refractivity contribution < 1.29 is 26.5 Å². The van der Waals surface area contributed by atoms with E-state index in [1.165, 1.54) is 12.1 Å². The van der Waals surface area contributed by atoms with E-state index < -0.39 is 32.7 Å². The molecule has 7 nitrogen and oxygen atoms in total. The summed E-state index contributed by atoms with van der Waals surface area (Å²) in [4.78, 5) is 10.4. The Morgan fingerprint density at radius 2 is 1.78 bits per heavy atom. The number of halogens is 3. The highest BCUT2D eigenvalue weighted by Gasteiger charge is 2.41. The molecule has 0 atom stereocenters. The lowest BCUT2D eigenvalue weighted by molar-refractivity contribution is -0.384. The molecule has 0 amide bonds. The Morgan fingerprint density at radius 1 is 1.19 bits per heavy atom. The van der Waals surface area contributed by atoms with Crippen molar-refractivity contribution in [2.75, 3.05) is 5.32 Å². The molecule has 2 rings (SSSR count). The lowest BCUT2D eigenvalue weighted by atomic mass is 9.85. The van der Waals surface area contributed by atoms with Gasteiger partial charge in [-0.1, -0.05) is 0 Å². The van der Waals surface area contributed by atoms with Crippen LogP contribution >= 0.6 is 0 Å². The van der Waals surface area contributed by atoms with Crippen LogP contribution < -0.4 is 10.0 Å². The number of nitro benzene ring substituents is 1. The van der Waals surface area contributed by atoms with Crippen molar-refractivity contribution in [3.8, 4) is 0 Å². The van der Waals surface area contributed by atoms with Gasteiger partial charge in [0.15, 0.2) is 0 Å². The SMILES string of the molecule is CC(C)NS(=O)(=O)c1ccc(NC2CCC(C(F)(F)F)CC2)c([N+](=O)[O-])c1. The number of anilines is 1. The minimum atomic E-state index is -4.23. The van der Waals surface area contributed by atoms with Gasteiger partial charge in [-0.2, -0.15) is 13.2 Å². The first kappa shape index (κ1) is 21.4. The number of alkyl halides is 3. The predicted molar refractivity (Wildman–Crippen MR) is 94.0 cm³/mol. The van der Waals surface area contributed by atoms with Gasteiger partial charge in [0.1, 0.15) is 5.69 Å². The summed E-state index contributed by atoms with van der Waals surface area (Å²) in [6.07, 6.45) is -3.84. The van der Waals surface area contributed by atoms with E-state index in [0.717, 1.165) is 6.07 Å². The number of sulfonamides is 1. The van der Waals surface area contributed by atoms with Crippen LogP contribution in [0, 0.1) is 16.0 Å². The van der Waals surface area contributed by atoms with E-state index in [9.17, 15) is 31.7 Å². The van der Waals surface area contributed by atoms with Gasteiger partial charge >= 0.3 is 6.18 Å². The van der Waals surface area contributed by atoms with Gasteiger partial charge < -0.3 is 5.32 Å². The normalized spacial score (nSPS) is 21.3. The second-order valence-electron chi connectivity index (χ2n) is 6.95. The fourth-order valence-corrected chi connectivity index (χ4v) is 4.39. The number of nitrogens with zero attached hydrogens (tertiary/aromatic N) is 1. The van der Waals surface area contributed by atoms with Crippen LogP contribution in [0.25, 0.3) is 0 Å². The van der Waals surface area contributed by atoms with Crippen molar-refractivity contribution >= 4 is 21.4 Å². The molecule has 11 heteroatoms. The second-order valence-corrected chi connectivity index (χ2v) is 8.66. The fraction of sp³-hybridized carbons (Fsp3) is 0.625. The average molecular weight is 409 g/mol. The van der Waals surface area contributed by atoms with Crippen LogP contribution in [0.15, 0.2) is 23.1 Å². The first-order valence-electron chi connectivity index (χ1n) is 8.54. The van der Waals surface area contributed by atoms with Gasteiger partial charge in [0.25, 0.3) is 5.69 Å². The van der Waals surface area contributed by atoms with Crippen LogP contribution in [0.2, 0.25) is 0 Å². The van der Waals surface area contributed by atoms with Gasteiger partial charge in [-0.25, -0.2) is 13.1 Å². The van der Waals surface area contributed by atoms with Crippen molar-refractivity contribution in [1.82, 2.24) is 4.72 Å². The molecule has 0 heterocycles. The zero-order chi connectivity index (χ0) is 20.4. The van der Waals surface area contributed by atoms with Crippen molar-refractivity contribution in [2.45, 2.75) is 62.7 Å². The van der Waals surface area contributed by atoms with Gasteiger partial charge in [0.2, 0.25) is 10.0 Å². The number of hydrogen-bond donors (Lipinski definition) is 2. The summed E-state index contributed by atoms with van der Waals surface area (Å²) < 4.78 is 64.9. The van der Waals surface area contributed by atoms with Crippen LogP contribution in [0.5, 0.6) is 0 Å². The Bertz CT molecular complexity index is 789. The quantitative estimate of drug-likeness (QED) is 0.549. The van der Waals surface area contributed by atoms with Gasteiger partial charge in [0, 0.05) is 18.2 Å². The molecule has 1 aromatic rings.